The first kappa shape index (κ1) is 25.1. The fourth-order valence-corrected chi connectivity index (χ4v) is 4.42. The zero-order valence-corrected chi connectivity index (χ0v) is 20.2. The lowest BCUT2D eigenvalue weighted by Crippen LogP contribution is -2.52. The molecule has 1 aromatic heterocycles. The second-order valence-corrected chi connectivity index (χ2v) is 9.70. The summed E-state index contributed by atoms with van der Waals surface area (Å²) in [4.78, 5) is 34.0. The third-order valence-corrected chi connectivity index (χ3v) is 5.89. The average Bonchev–Trinajstić information content (AvgIpc) is 3.34. The van der Waals surface area contributed by atoms with Gasteiger partial charge in [-0.15, -0.1) is 0 Å². The maximum atomic E-state index is 14.6. The second-order valence-electron chi connectivity index (χ2n) is 9.70. The van der Waals surface area contributed by atoms with Crippen LogP contribution in [0.15, 0.2) is 18.2 Å². The Morgan fingerprint density at radius 1 is 1.29 bits per heavy atom. The average molecular weight is 493 g/mol. The Bertz CT molecular complexity index is 1080. The molecule has 2 aliphatic rings. The third kappa shape index (κ3) is 5.79. The number of alkyl carbamates (subject to hydrolysis) is 1. The number of aromatic nitrogens is 2. The predicted octanol–water partition coefficient (Wildman–Crippen LogP) is 3.60. The van der Waals surface area contributed by atoms with Gasteiger partial charge in [0.25, 0.3) is 0 Å². The van der Waals surface area contributed by atoms with Crippen molar-refractivity contribution in [2.45, 2.75) is 71.0 Å². The van der Waals surface area contributed by atoms with E-state index >= 15 is 0 Å². The lowest BCUT2D eigenvalue weighted by molar-refractivity contribution is -0.0629. The molecule has 11 heteroatoms. The summed E-state index contributed by atoms with van der Waals surface area (Å²) in [5, 5.41) is 2.79. The molecule has 35 heavy (non-hydrogen) atoms. The Kier molecular flexibility index (Phi) is 7.09. The van der Waals surface area contributed by atoms with E-state index in [9.17, 15) is 18.4 Å². The molecule has 2 aliphatic heterocycles. The number of aromatic amines is 1. The minimum absolute atomic E-state index is 0.0388. The highest BCUT2D eigenvalue weighted by Crippen LogP contribution is 2.35. The Hall–Kier alpha value is -3.05. The van der Waals surface area contributed by atoms with Crippen LogP contribution in [0.2, 0.25) is 0 Å². The largest absolute Gasteiger partial charge is 0.460 e. The number of nitrogens with one attached hydrogen (secondary N) is 2. The monoisotopic (exact) mass is 492 g/mol. The van der Waals surface area contributed by atoms with Crippen LogP contribution in [-0.2, 0) is 27.3 Å². The molecule has 9 nitrogen and oxygen atoms in total. The van der Waals surface area contributed by atoms with E-state index in [1.165, 1.54) is 0 Å². The van der Waals surface area contributed by atoms with E-state index in [-0.39, 0.29) is 30.6 Å². The van der Waals surface area contributed by atoms with Gasteiger partial charge in [0.2, 0.25) is 5.82 Å². The highest BCUT2D eigenvalue weighted by Gasteiger charge is 2.40. The van der Waals surface area contributed by atoms with Crippen molar-refractivity contribution in [3.05, 3.63) is 52.6 Å². The van der Waals surface area contributed by atoms with Gasteiger partial charge >= 0.3 is 12.1 Å². The summed E-state index contributed by atoms with van der Waals surface area (Å²) in [5.74, 6) is -1.54. The van der Waals surface area contributed by atoms with Gasteiger partial charge in [-0.1, -0.05) is 0 Å². The quantitative estimate of drug-likeness (QED) is 0.615. The van der Waals surface area contributed by atoms with E-state index in [2.05, 4.69) is 20.2 Å². The maximum absolute atomic E-state index is 14.6. The SMILES string of the molecule is CCOC(=O)c1nc2c([nH]1)CN([C@H]1CO[C@H](c3cc(F)ccc3F)[C@@H](NC(=O)OC(C)(C)C)C1)C2. The highest BCUT2D eigenvalue weighted by molar-refractivity contribution is 5.85. The van der Waals surface area contributed by atoms with E-state index in [4.69, 9.17) is 14.2 Å². The fourth-order valence-electron chi connectivity index (χ4n) is 4.42. The molecule has 3 atom stereocenters. The molecule has 1 fully saturated rings. The van der Waals surface area contributed by atoms with Gasteiger partial charge in [0.05, 0.1) is 30.6 Å². The van der Waals surface area contributed by atoms with Gasteiger partial charge < -0.3 is 24.5 Å². The molecular weight excluding hydrogens is 462 g/mol. The maximum Gasteiger partial charge on any atom is 0.407 e. The normalized spacial score (nSPS) is 22.5. The van der Waals surface area contributed by atoms with Gasteiger partial charge in [0.15, 0.2) is 0 Å². The molecule has 4 rings (SSSR count). The number of rotatable bonds is 5. The molecule has 1 aromatic carbocycles. The molecule has 0 radical (unpaired) electrons. The summed E-state index contributed by atoms with van der Waals surface area (Å²) in [6, 6.07) is 2.37. The number of imidazole rings is 1. The molecule has 1 amide bonds. The van der Waals surface area contributed by atoms with Crippen LogP contribution in [0.5, 0.6) is 0 Å². The van der Waals surface area contributed by atoms with E-state index in [1.807, 2.05) is 0 Å². The first-order chi connectivity index (χ1) is 16.5. The fraction of sp³-hybridized carbons (Fsp3) is 0.542. The van der Waals surface area contributed by atoms with Crippen LogP contribution in [0.1, 0.15) is 67.8 Å². The van der Waals surface area contributed by atoms with Crippen molar-refractivity contribution in [2.24, 2.45) is 0 Å². The zero-order chi connectivity index (χ0) is 25.3. The van der Waals surface area contributed by atoms with Crippen LogP contribution in [-0.4, -0.2) is 57.8 Å². The highest BCUT2D eigenvalue weighted by atomic mass is 19.1. The summed E-state index contributed by atoms with van der Waals surface area (Å²) in [6.07, 6.45) is -1.14. The van der Waals surface area contributed by atoms with Crippen LogP contribution in [0.25, 0.3) is 0 Å². The summed E-state index contributed by atoms with van der Waals surface area (Å²) < 4.78 is 44.9. The van der Waals surface area contributed by atoms with Crippen molar-refractivity contribution in [2.75, 3.05) is 13.2 Å². The number of hydrogen-bond donors (Lipinski definition) is 2. The van der Waals surface area contributed by atoms with Crippen LogP contribution >= 0.6 is 0 Å². The number of benzene rings is 1. The molecule has 0 aliphatic carbocycles. The number of hydrogen-bond acceptors (Lipinski definition) is 7. The smallest absolute Gasteiger partial charge is 0.407 e. The number of esters is 1. The number of nitrogens with zero attached hydrogens (tertiary/aromatic N) is 2. The molecule has 0 bridgehead atoms. The second kappa shape index (κ2) is 9.90. The number of halogens is 2. The predicted molar refractivity (Wildman–Crippen MR) is 120 cm³/mol. The number of fused-ring (bicyclic) bond motifs is 1. The third-order valence-electron chi connectivity index (χ3n) is 5.89. The van der Waals surface area contributed by atoms with Crippen molar-refractivity contribution >= 4 is 12.1 Å². The van der Waals surface area contributed by atoms with Crippen molar-refractivity contribution in [1.29, 1.82) is 0 Å². The number of ether oxygens (including phenoxy) is 3. The molecule has 2 aromatic rings. The van der Waals surface area contributed by atoms with Crippen molar-refractivity contribution < 1.29 is 32.6 Å². The van der Waals surface area contributed by atoms with Gasteiger partial charge in [-0.25, -0.2) is 23.4 Å². The van der Waals surface area contributed by atoms with Crippen LogP contribution in [0, 0.1) is 11.6 Å². The summed E-state index contributed by atoms with van der Waals surface area (Å²) >= 11 is 0. The minimum atomic E-state index is -0.886. The molecule has 1 saturated heterocycles. The van der Waals surface area contributed by atoms with Gasteiger partial charge in [-0.2, -0.15) is 0 Å². The first-order valence-corrected chi connectivity index (χ1v) is 11.6. The minimum Gasteiger partial charge on any atom is -0.460 e. The molecule has 2 N–H and O–H groups in total. The Labute approximate surface area is 202 Å². The van der Waals surface area contributed by atoms with Gasteiger partial charge in [-0.3, -0.25) is 4.90 Å². The number of H-pyrrole nitrogens is 1. The summed E-state index contributed by atoms with van der Waals surface area (Å²) in [7, 11) is 0. The number of carbonyl (C=O) groups excluding carboxylic acids is 2. The van der Waals surface area contributed by atoms with E-state index in [0.29, 0.717) is 19.5 Å². The summed E-state index contributed by atoms with van der Waals surface area (Å²) in [5.41, 5.74) is 0.862. The topological polar surface area (TPSA) is 106 Å². The standard InChI is InChI=1S/C24H30F2N4O5/c1-5-33-22(31)21-27-18-10-30(11-19(18)28-21)14-9-17(29-23(32)35-24(2,3)4)20(34-12-14)15-8-13(25)6-7-16(15)26/h6-8,14,17,20H,5,9-12H2,1-4H3,(H,27,28)(H,29,32)/t14-,17+,20-/m1/s1. The van der Waals surface area contributed by atoms with E-state index in [1.54, 1.807) is 27.7 Å². The Morgan fingerprint density at radius 3 is 2.74 bits per heavy atom. The van der Waals surface area contributed by atoms with Gasteiger partial charge in [0, 0.05) is 24.7 Å². The lowest BCUT2D eigenvalue weighted by atomic mass is 9.92. The van der Waals surface area contributed by atoms with E-state index in [0.717, 1.165) is 29.6 Å². The molecule has 0 spiro atoms. The molecule has 3 heterocycles. The zero-order valence-electron chi connectivity index (χ0n) is 20.2. The van der Waals surface area contributed by atoms with Crippen LogP contribution in [0.4, 0.5) is 13.6 Å². The number of amides is 1. The Morgan fingerprint density at radius 2 is 2.06 bits per heavy atom. The van der Waals surface area contributed by atoms with Crippen molar-refractivity contribution in [3.8, 4) is 0 Å². The first-order valence-electron chi connectivity index (χ1n) is 11.6. The van der Waals surface area contributed by atoms with Crippen molar-refractivity contribution in [1.82, 2.24) is 20.2 Å². The molecular formula is C24H30F2N4O5. The van der Waals surface area contributed by atoms with Crippen molar-refractivity contribution in [3.63, 3.8) is 0 Å². The molecule has 0 unspecified atom stereocenters. The van der Waals surface area contributed by atoms with Gasteiger partial charge in [0.1, 0.15) is 23.3 Å². The number of carbonyl (C=O) groups is 2. The molecule has 190 valence electrons. The Balaban J connectivity index is 1.50. The van der Waals surface area contributed by atoms with Crippen LogP contribution in [0.3, 0.4) is 0 Å². The lowest BCUT2D eigenvalue weighted by Gasteiger charge is -2.40. The van der Waals surface area contributed by atoms with Gasteiger partial charge in [-0.05, 0) is 52.3 Å². The summed E-state index contributed by atoms with van der Waals surface area (Å²) in [6.45, 7) is 8.41. The van der Waals surface area contributed by atoms with Crippen LogP contribution < -0.4 is 5.32 Å². The van der Waals surface area contributed by atoms with E-state index < -0.39 is 41.4 Å². The molecule has 0 saturated carbocycles.